The number of aromatic nitrogens is 2. The zero-order chi connectivity index (χ0) is 11.4. The van der Waals surface area contributed by atoms with E-state index in [9.17, 15) is 4.79 Å². The molecule has 0 saturated heterocycles. The van der Waals surface area contributed by atoms with Gasteiger partial charge in [-0.3, -0.25) is 4.79 Å². The molecule has 4 nitrogen and oxygen atoms in total. The molecule has 0 spiro atoms. The van der Waals surface area contributed by atoms with Crippen LogP contribution in [0.15, 0.2) is 36.4 Å². The molecule has 0 aliphatic rings. The standard InChI is InChI=1S/C12H12N2O2/c1-2-16-12-8-10(9-15)13-14(12)11-6-4-3-5-7-11/h3-9H,2H2,1H3. The minimum Gasteiger partial charge on any atom is -0.478 e. The molecule has 1 aromatic heterocycles. The Hall–Kier alpha value is -2.10. The predicted molar refractivity (Wildman–Crippen MR) is 60.1 cm³/mol. The van der Waals surface area contributed by atoms with E-state index in [4.69, 9.17) is 4.74 Å². The minimum absolute atomic E-state index is 0.368. The highest BCUT2D eigenvalue weighted by Gasteiger charge is 2.09. The van der Waals surface area contributed by atoms with E-state index < -0.39 is 0 Å². The lowest BCUT2D eigenvalue weighted by Crippen LogP contribution is -2.02. The van der Waals surface area contributed by atoms with Crippen LogP contribution in [0.1, 0.15) is 17.4 Å². The first-order chi connectivity index (χ1) is 7.85. The Morgan fingerprint density at radius 1 is 1.38 bits per heavy atom. The van der Waals surface area contributed by atoms with Crippen molar-refractivity contribution in [2.24, 2.45) is 0 Å². The number of nitrogens with zero attached hydrogens (tertiary/aromatic N) is 2. The third-order valence-electron chi connectivity index (χ3n) is 2.11. The van der Waals surface area contributed by atoms with Crippen LogP contribution in [0.4, 0.5) is 0 Å². The fourth-order valence-corrected chi connectivity index (χ4v) is 1.44. The molecule has 0 aliphatic carbocycles. The third kappa shape index (κ3) is 1.95. The van der Waals surface area contributed by atoms with E-state index in [1.54, 1.807) is 10.7 Å². The highest BCUT2D eigenvalue weighted by molar-refractivity contribution is 5.72. The van der Waals surface area contributed by atoms with E-state index in [2.05, 4.69) is 5.10 Å². The molecule has 0 N–H and O–H groups in total. The summed E-state index contributed by atoms with van der Waals surface area (Å²) >= 11 is 0. The van der Waals surface area contributed by atoms with Gasteiger partial charge >= 0.3 is 0 Å². The second kappa shape index (κ2) is 4.61. The number of carbonyl (C=O) groups is 1. The van der Waals surface area contributed by atoms with Crippen LogP contribution in [0, 0.1) is 0 Å². The summed E-state index contributed by atoms with van der Waals surface area (Å²) in [6, 6.07) is 11.2. The number of ether oxygens (including phenoxy) is 1. The first kappa shape index (κ1) is 10.4. The normalized spacial score (nSPS) is 10.1. The van der Waals surface area contributed by atoms with Gasteiger partial charge in [-0.1, -0.05) is 18.2 Å². The number of rotatable bonds is 4. The van der Waals surface area contributed by atoms with Crippen LogP contribution in [0.5, 0.6) is 5.88 Å². The second-order valence-corrected chi connectivity index (χ2v) is 3.21. The van der Waals surface area contributed by atoms with Crippen molar-refractivity contribution >= 4 is 6.29 Å². The molecule has 82 valence electrons. The van der Waals surface area contributed by atoms with E-state index in [1.165, 1.54) is 0 Å². The maximum absolute atomic E-state index is 10.7. The van der Waals surface area contributed by atoms with Crippen LogP contribution in [-0.4, -0.2) is 22.7 Å². The maximum Gasteiger partial charge on any atom is 0.217 e. The van der Waals surface area contributed by atoms with E-state index in [-0.39, 0.29) is 0 Å². The molecule has 2 rings (SSSR count). The topological polar surface area (TPSA) is 44.1 Å². The quantitative estimate of drug-likeness (QED) is 0.735. The van der Waals surface area contributed by atoms with Gasteiger partial charge in [0.05, 0.1) is 12.3 Å². The first-order valence-electron chi connectivity index (χ1n) is 5.08. The third-order valence-corrected chi connectivity index (χ3v) is 2.11. The lowest BCUT2D eigenvalue weighted by atomic mass is 10.3. The smallest absolute Gasteiger partial charge is 0.217 e. The fraction of sp³-hybridized carbons (Fsp3) is 0.167. The highest BCUT2D eigenvalue weighted by atomic mass is 16.5. The van der Waals surface area contributed by atoms with E-state index >= 15 is 0 Å². The summed E-state index contributed by atoms with van der Waals surface area (Å²) in [6.07, 6.45) is 0.710. The highest BCUT2D eigenvalue weighted by Crippen LogP contribution is 2.18. The van der Waals surface area contributed by atoms with Crippen molar-refractivity contribution in [1.29, 1.82) is 0 Å². The number of carbonyl (C=O) groups excluding carboxylic acids is 1. The molecule has 1 aromatic carbocycles. The first-order valence-corrected chi connectivity index (χ1v) is 5.08. The number of aldehydes is 1. The lowest BCUT2D eigenvalue weighted by molar-refractivity contribution is 0.111. The van der Waals surface area contributed by atoms with Crippen molar-refractivity contribution in [2.75, 3.05) is 6.61 Å². The molecule has 0 fully saturated rings. The molecule has 0 radical (unpaired) electrons. The van der Waals surface area contributed by atoms with Gasteiger partial charge in [0.2, 0.25) is 5.88 Å². The summed E-state index contributed by atoms with van der Waals surface area (Å²) in [6.45, 7) is 2.43. The fourth-order valence-electron chi connectivity index (χ4n) is 1.44. The molecular weight excluding hydrogens is 204 g/mol. The van der Waals surface area contributed by atoms with Crippen LogP contribution in [0.2, 0.25) is 0 Å². The van der Waals surface area contributed by atoms with E-state index in [0.29, 0.717) is 24.5 Å². The lowest BCUT2D eigenvalue weighted by Gasteiger charge is -2.06. The SMILES string of the molecule is CCOc1cc(C=O)nn1-c1ccccc1. The van der Waals surface area contributed by atoms with Gasteiger partial charge in [0, 0.05) is 6.07 Å². The Morgan fingerprint density at radius 2 is 2.12 bits per heavy atom. The van der Waals surface area contributed by atoms with E-state index in [1.807, 2.05) is 37.3 Å². The predicted octanol–water partition coefficient (Wildman–Crippen LogP) is 2.08. The van der Waals surface area contributed by atoms with Gasteiger partial charge in [-0.05, 0) is 19.1 Å². The molecule has 0 amide bonds. The van der Waals surface area contributed by atoms with Crippen molar-refractivity contribution in [3.63, 3.8) is 0 Å². The van der Waals surface area contributed by atoms with E-state index in [0.717, 1.165) is 5.69 Å². The van der Waals surface area contributed by atoms with Crippen LogP contribution in [-0.2, 0) is 0 Å². The minimum atomic E-state index is 0.368. The Balaban J connectivity index is 2.46. The molecule has 16 heavy (non-hydrogen) atoms. The van der Waals surface area contributed by atoms with Crippen LogP contribution >= 0.6 is 0 Å². The molecule has 0 saturated carbocycles. The Labute approximate surface area is 93.5 Å². The summed E-state index contributed by atoms with van der Waals surface area (Å²) in [5.74, 6) is 0.579. The second-order valence-electron chi connectivity index (χ2n) is 3.21. The van der Waals surface area contributed by atoms with Crippen molar-refractivity contribution in [3.05, 3.63) is 42.1 Å². The Kier molecular flexibility index (Phi) is 3.00. The average Bonchev–Trinajstić information content (AvgIpc) is 2.74. The number of hydrogen-bond acceptors (Lipinski definition) is 3. The molecule has 0 unspecified atom stereocenters. The van der Waals surface area contributed by atoms with Gasteiger partial charge in [0.25, 0.3) is 0 Å². The number of benzene rings is 1. The van der Waals surface area contributed by atoms with Crippen molar-refractivity contribution < 1.29 is 9.53 Å². The zero-order valence-corrected chi connectivity index (χ0v) is 8.96. The van der Waals surface area contributed by atoms with Crippen LogP contribution in [0.3, 0.4) is 0 Å². The summed E-state index contributed by atoms with van der Waals surface area (Å²) in [7, 11) is 0. The molecule has 0 bridgehead atoms. The molecular formula is C12H12N2O2. The van der Waals surface area contributed by atoms with Gasteiger partial charge in [0.15, 0.2) is 6.29 Å². The maximum atomic E-state index is 10.7. The van der Waals surface area contributed by atoms with Gasteiger partial charge in [-0.15, -0.1) is 0 Å². The van der Waals surface area contributed by atoms with Crippen molar-refractivity contribution in [1.82, 2.24) is 9.78 Å². The molecule has 1 heterocycles. The monoisotopic (exact) mass is 216 g/mol. The van der Waals surface area contributed by atoms with Crippen molar-refractivity contribution in [2.45, 2.75) is 6.92 Å². The molecule has 0 aliphatic heterocycles. The van der Waals surface area contributed by atoms with Gasteiger partial charge < -0.3 is 4.74 Å². The molecule has 2 aromatic rings. The molecule has 0 atom stereocenters. The largest absolute Gasteiger partial charge is 0.478 e. The van der Waals surface area contributed by atoms with Crippen molar-refractivity contribution in [3.8, 4) is 11.6 Å². The number of hydrogen-bond donors (Lipinski definition) is 0. The Morgan fingerprint density at radius 3 is 2.75 bits per heavy atom. The summed E-state index contributed by atoms with van der Waals surface area (Å²) in [5.41, 5.74) is 1.24. The van der Waals surface area contributed by atoms with Crippen LogP contribution < -0.4 is 4.74 Å². The molecule has 4 heteroatoms. The summed E-state index contributed by atoms with van der Waals surface area (Å²) < 4.78 is 7.03. The van der Waals surface area contributed by atoms with Gasteiger partial charge in [-0.2, -0.15) is 5.10 Å². The van der Waals surface area contributed by atoms with Gasteiger partial charge in [0.1, 0.15) is 5.69 Å². The zero-order valence-electron chi connectivity index (χ0n) is 8.96. The van der Waals surface area contributed by atoms with Gasteiger partial charge in [-0.25, -0.2) is 4.68 Å². The number of para-hydroxylation sites is 1. The summed E-state index contributed by atoms with van der Waals surface area (Å²) in [4.78, 5) is 10.7. The average molecular weight is 216 g/mol. The summed E-state index contributed by atoms with van der Waals surface area (Å²) in [5, 5.41) is 4.14. The Bertz CT molecular complexity index is 477. The van der Waals surface area contributed by atoms with Crippen LogP contribution in [0.25, 0.3) is 5.69 Å².